The molecular weight excluding hydrogens is 430 g/mol. The topological polar surface area (TPSA) is 51.7 Å². The molecule has 192 valence electrons. The number of rotatable bonds is 13. The Morgan fingerprint density at radius 1 is 1.14 bits per heavy atom. The standard InChI is InChI=1S/C30H47N5/c1-22(2)21-34-30(28-14-16-31-17-15-28)29(25(5)27-11-9-23(3)10-12-27)24(4)13-18-32-26(6)33-19-20-35(7)8/h9-13,18,22,28,31,33-34H,5-6,14-17,19-21H2,1-4,7-8H3/b24-13+,30-29-,32-18-. The Bertz CT molecular complexity index is 913. The smallest absolute Gasteiger partial charge is 0.118 e. The van der Waals surface area contributed by atoms with Crippen LogP contribution in [0.1, 0.15) is 44.7 Å². The SMILES string of the molecule is C=C(\N=C/C=C(C)/C(C(=C)c1ccc(C)cc1)=C(/NCC(C)C)C1CCNCC1)NCCN(C)C. The summed E-state index contributed by atoms with van der Waals surface area (Å²) in [5.41, 5.74) is 7.14. The fourth-order valence-electron chi connectivity index (χ4n) is 4.17. The molecule has 1 saturated heterocycles. The summed E-state index contributed by atoms with van der Waals surface area (Å²) in [7, 11) is 4.11. The minimum Gasteiger partial charge on any atom is -0.387 e. The van der Waals surface area contributed by atoms with E-state index in [-0.39, 0.29) is 0 Å². The van der Waals surface area contributed by atoms with E-state index in [4.69, 9.17) is 0 Å². The molecule has 0 unspecified atom stereocenters. The number of hydrogen-bond acceptors (Lipinski definition) is 5. The summed E-state index contributed by atoms with van der Waals surface area (Å²) in [4.78, 5) is 6.66. The Labute approximate surface area is 214 Å². The third-order valence-electron chi connectivity index (χ3n) is 6.26. The normalized spacial score (nSPS) is 16.1. The molecular formula is C30H47N5. The molecule has 2 rings (SSSR count). The lowest BCUT2D eigenvalue weighted by Crippen LogP contribution is -2.34. The van der Waals surface area contributed by atoms with Crippen LogP contribution in [-0.4, -0.2) is 57.9 Å². The van der Waals surface area contributed by atoms with Gasteiger partial charge in [0.2, 0.25) is 0 Å². The highest BCUT2D eigenvalue weighted by molar-refractivity contribution is 5.86. The minimum atomic E-state index is 0.482. The average Bonchev–Trinajstić information content (AvgIpc) is 2.82. The Kier molecular flexibility index (Phi) is 12.0. The number of benzene rings is 1. The van der Waals surface area contributed by atoms with Gasteiger partial charge in [-0.2, -0.15) is 0 Å². The average molecular weight is 478 g/mol. The first-order chi connectivity index (χ1) is 16.7. The van der Waals surface area contributed by atoms with E-state index >= 15 is 0 Å². The second kappa shape index (κ2) is 14.7. The molecule has 0 atom stereocenters. The largest absolute Gasteiger partial charge is 0.387 e. The van der Waals surface area contributed by atoms with Crippen LogP contribution in [-0.2, 0) is 0 Å². The fraction of sp³-hybridized carbons (Fsp3) is 0.500. The van der Waals surface area contributed by atoms with Crippen LogP contribution >= 0.6 is 0 Å². The number of aliphatic imine (C=N–C) groups is 1. The third kappa shape index (κ3) is 9.87. The van der Waals surface area contributed by atoms with Crippen LogP contribution in [0.4, 0.5) is 0 Å². The molecule has 1 heterocycles. The first-order valence-corrected chi connectivity index (χ1v) is 12.9. The van der Waals surface area contributed by atoms with Gasteiger partial charge in [0.1, 0.15) is 5.82 Å². The summed E-state index contributed by atoms with van der Waals surface area (Å²) >= 11 is 0. The lowest BCUT2D eigenvalue weighted by atomic mass is 9.84. The lowest BCUT2D eigenvalue weighted by Gasteiger charge is -2.30. The van der Waals surface area contributed by atoms with Crippen molar-refractivity contribution < 1.29 is 0 Å². The van der Waals surface area contributed by atoms with Gasteiger partial charge in [0.25, 0.3) is 0 Å². The van der Waals surface area contributed by atoms with Crippen LogP contribution in [0.3, 0.4) is 0 Å². The minimum absolute atomic E-state index is 0.482. The second-order valence-corrected chi connectivity index (χ2v) is 10.2. The predicted octanol–water partition coefficient (Wildman–Crippen LogP) is 5.15. The summed E-state index contributed by atoms with van der Waals surface area (Å²) in [6, 6.07) is 8.68. The van der Waals surface area contributed by atoms with Crippen molar-refractivity contribution in [3.8, 4) is 0 Å². The van der Waals surface area contributed by atoms with E-state index in [1.807, 2.05) is 6.21 Å². The van der Waals surface area contributed by atoms with Gasteiger partial charge in [0, 0.05) is 43.0 Å². The molecule has 5 heteroatoms. The van der Waals surface area contributed by atoms with Gasteiger partial charge < -0.3 is 20.9 Å². The van der Waals surface area contributed by atoms with Gasteiger partial charge in [-0.25, -0.2) is 4.99 Å². The van der Waals surface area contributed by atoms with E-state index in [2.05, 4.69) is 111 Å². The molecule has 35 heavy (non-hydrogen) atoms. The Morgan fingerprint density at radius 2 is 1.80 bits per heavy atom. The molecule has 0 spiro atoms. The molecule has 0 amide bonds. The van der Waals surface area contributed by atoms with Crippen molar-refractivity contribution >= 4 is 11.8 Å². The molecule has 1 aromatic rings. The molecule has 1 aromatic carbocycles. The molecule has 3 N–H and O–H groups in total. The van der Waals surface area contributed by atoms with E-state index in [9.17, 15) is 0 Å². The van der Waals surface area contributed by atoms with Gasteiger partial charge in [-0.15, -0.1) is 0 Å². The van der Waals surface area contributed by atoms with Crippen molar-refractivity contribution in [2.45, 2.75) is 40.5 Å². The zero-order valence-electron chi connectivity index (χ0n) is 22.9. The van der Waals surface area contributed by atoms with Crippen molar-refractivity contribution in [1.82, 2.24) is 20.9 Å². The second-order valence-electron chi connectivity index (χ2n) is 10.2. The molecule has 0 aliphatic carbocycles. The molecule has 0 bridgehead atoms. The highest BCUT2D eigenvalue weighted by atomic mass is 15.1. The van der Waals surface area contributed by atoms with Crippen LogP contribution in [0, 0.1) is 18.8 Å². The summed E-state index contributed by atoms with van der Waals surface area (Å²) in [5.74, 6) is 1.72. The number of hydrogen-bond donors (Lipinski definition) is 3. The molecule has 0 aromatic heterocycles. The van der Waals surface area contributed by atoms with Crippen molar-refractivity contribution in [3.05, 3.63) is 77.3 Å². The van der Waals surface area contributed by atoms with Crippen molar-refractivity contribution in [2.24, 2.45) is 16.8 Å². The lowest BCUT2D eigenvalue weighted by molar-refractivity contribution is 0.395. The molecule has 5 nitrogen and oxygen atoms in total. The quantitative estimate of drug-likeness (QED) is 0.272. The maximum Gasteiger partial charge on any atom is 0.118 e. The van der Waals surface area contributed by atoms with E-state index in [1.54, 1.807) is 0 Å². The summed E-state index contributed by atoms with van der Waals surface area (Å²) in [6.07, 6.45) is 6.19. The number of nitrogens with one attached hydrogen (secondary N) is 3. The maximum absolute atomic E-state index is 4.59. The van der Waals surface area contributed by atoms with Gasteiger partial charge in [-0.1, -0.05) is 56.8 Å². The van der Waals surface area contributed by atoms with Crippen LogP contribution in [0.2, 0.25) is 0 Å². The van der Waals surface area contributed by atoms with Crippen LogP contribution in [0.25, 0.3) is 5.57 Å². The van der Waals surface area contributed by atoms with Gasteiger partial charge >= 0.3 is 0 Å². The monoisotopic (exact) mass is 477 g/mol. The predicted molar refractivity (Wildman–Crippen MR) is 154 cm³/mol. The highest BCUT2D eigenvalue weighted by Gasteiger charge is 2.23. The van der Waals surface area contributed by atoms with Gasteiger partial charge in [-0.3, -0.25) is 0 Å². The van der Waals surface area contributed by atoms with Crippen molar-refractivity contribution in [2.75, 3.05) is 46.8 Å². The zero-order valence-corrected chi connectivity index (χ0v) is 22.9. The number of allylic oxidation sites excluding steroid dienone is 5. The number of aryl methyl sites for hydroxylation is 1. The third-order valence-corrected chi connectivity index (χ3v) is 6.26. The highest BCUT2D eigenvalue weighted by Crippen LogP contribution is 2.34. The van der Waals surface area contributed by atoms with E-state index in [0.717, 1.165) is 62.3 Å². The van der Waals surface area contributed by atoms with Crippen LogP contribution < -0.4 is 16.0 Å². The van der Waals surface area contributed by atoms with Crippen molar-refractivity contribution in [1.29, 1.82) is 0 Å². The van der Waals surface area contributed by atoms with E-state index in [0.29, 0.717) is 17.7 Å². The van der Waals surface area contributed by atoms with Crippen LogP contribution in [0.15, 0.2) is 71.2 Å². The fourth-order valence-corrected chi connectivity index (χ4v) is 4.17. The number of nitrogens with zero attached hydrogens (tertiary/aromatic N) is 2. The Hall–Kier alpha value is -2.63. The summed E-state index contributed by atoms with van der Waals surface area (Å²) in [5, 5.41) is 10.6. The summed E-state index contributed by atoms with van der Waals surface area (Å²) < 4.78 is 0. The molecule has 1 aliphatic heterocycles. The molecule has 0 saturated carbocycles. The Morgan fingerprint density at radius 3 is 2.40 bits per heavy atom. The summed E-state index contributed by atoms with van der Waals surface area (Å²) in [6.45, 7) is 22.2. The number of piperidine rings is 1. The molecule has 1 fully saturated rings. The van der Waals surface area contributed by atoms with E-state index < -0.39 is 0 Å². The Balaban J connectivity index is 2.42. The van der Waals surface area contributed by atoms with Gasteiger partial charge in [0.05, 0.1) is 0 Å². The van der Waals surface area contributed by atoms with Gasteiger partial charge in [-0.05, 0) is 82.6 Å². The van der Waals surface area contributed by atoms with E-state index in [1.165, 1.54) is 16.8 Å². The number of likely N-dealkylation sites (N-methyl/N-ethyl adjacent to an activating group) is 1. The zero-order chi connectivity index (χ0) is 25.8. The molecule has 0 radical (unpaired) electrons. The van der Waals surface area contributed by atoms with Crippen molar-refractivity contribution in [3.63, 3.8) is 0 Å². The van der Waals surface area contributed by atoms with Crippen LogP contribution in [0.5, 0.6) is 0 Å². The van der Waals surface area contributed by atoms with Gasteiger partial charge in [0.15, 0.2) is 0 Å². The first-order valence-electron chi connectivity index (χ1n) is 12.9. The molecule has 1 aliphatic rings. The maximum atomic E-state index is 4.59. The first kappa shape index (κ1) is 28.6.